The molecular formula is C35H53N7O5. The first-order valence-electron chi connectivity index (χ1n) is 17.5. The Morgan fingerprint density at radius 3 is 2.21 bits per heavy atom. The number of aryl methyl sites for hydroxylation is 1. The lowest BCUT2D eigenvalue weighted by molar-refractivity contribution is -0.135. The van der Waals surface area contributed by atoms with E-state index in [9.17, 15) is 19.2 Å². The number of imide groups is 1. The van der Waals surface area contributed by atoms with Crippen molar-refractivity contribution in [2.45, 2.75) is 77.9 Å². The van der Waals surface area contributed by atoms with E-state index in [1.54, 1.807) is 16.2 Å². The van der Waals surface area contributed by atoms with Crippen LogP contribution in [0, 0.1) is 11.3 Å². The lowest BCUT2D eigenvalue weighted by atomic mass is 9.80. The van der Waals surface area contributed by atoms with E-state index in [1.807, 2.05) is 31.7 Å². The van der Waals surface area contributed by atoms with E-state index in [4.69, 9.17) is 4.74 Å². The number of carbonyl (C=O) groups is 3. The molecule has 3 amide bonds. The maximum atomic E-state index is 13.2. The number of piperazine rings is 1. The number of fused-ring (bicyclic) bond motifs is 1. The smallest absolute Gasteiger partial charge is 0.410 e. The second-order valence-electron chi connectivity index (χ2n) is 15.6. The SMILES string of the molecule is Cn1c(=O)n(C2CCC(=O)NC2=O)c2ccc(N3CCC(CN4CCN(CC5(C)CCN(C(=O)OC(C)(C)C)CC5)CC4)CC3)cc21. The average Bonchev–Trinajstić information content (AvgIpc) is 3.26. The number of benzene rings is 1. The Bertz CT molecular complexity index is 1530. The molecule has 5 heterocycles. The highest BCUT2D eigenvalue weighted by atomic mass is 16.6. The van der Waals surface area contributed by atoms with Gasteiger partial charge in [0.05, 0.1) is 11.0 Å². The standard InChI is InChI=1S/C35H53N7O5/c1-34(2,3)47-33(46)41-16-12-35(4,13-17-41)24-39-20-18-38(19-21-39)23-25-10-14-40(15-11-25)26-6-7-27-29(22-26)37(5)32(45)42(27)28-8-9-30(43)36-31(28)44/h6-7,22,25,28H,8-21,23-24H2,1-5H3,(H,36,43,44). The lowest BCUT2D eigenvalue weighted by Crippen LogP contribution is -2.53. The van der Waals surface area contributed by atoms with Crippen molar-refractivity contribution in [3.05, 3.63) is 28.7 Å². The Morgan fingerprint density at radius 1 is 0.915 bits per heavy atom. The Balaban J connectivity index is 0.959. The number of amides is 3. The van der Waals surface area contributed by atoms with Crippen LogP contribution in [0.4, 0.5) is 10.5 Å². The third kappa shape index (κ3) is 7.53. The minimum atomic E-state index is -0.667. The average molecular weight is 652 g/mol. The summed E-state index contributed by atoms with van der Waals surface area (Å²) in [6.45, 7) is 18.3. The molecule has 4 aliphatic rings. The molecule has 4 fully saturated rings. The molecule has 2 aromatic rings. The summed E-state index contributed by atoms with van der Waals surface area (Å²) < 4.78 is 8.74. The zero-order chi connectivity index (χ0) is 33.5. The molecule has 258 valence electrons. The topological polar surface area (TPSA) is 112 Å². The largest absolute Gasteiger partial charge is 0.444 e. The highest BCUT2D eigenvalue weighted by molar-refractivity contribution is 6.00. The van der Waals surface area contributed by atoms with Gasteiger partial charge in [-0.1, -0.05) is 6.92 Å². The van der Waals surface area contributed by atoms with Crippen LogP contribution in [0.15, 0.2) is 23.0 Å². The molecule has 4 aliphatic heterocycles. The van der Waals surface area contributed by atoms with Gasteiger partial charge in [-0.25, -0.2) is 9.59 Å². The van der Waals surface area contributed by atoms with Crippen LogP contribution in [0.1, 0.15) is 72.3 Å². The first kappa shape index (κ1) is 33.5. The van der Waals surface area contributed by atoms with Crippen molar-refractivity contribution < 1.29 is 19.1 Å². The van der Waals surface area contributed by atoms with Crippen molar-refractivity contribution in [3.8, 4) is 0 Å². The molecule has 0 aliphatic carbocycles. The van der Waals surface area contributed by atoms with Crippen LogP contribution < -0.4 is 15.9 Å². The number of likely N-dealkylation sites (tertiary alicyclic amines) is 1. The van der Waals surface area contributed by atoms with Crippen molar-refractivity contribution in [2.75, 3.05) is 70.3 Å². The normalized spacial score (nSPS) is 23.7. The predicted molar refractivity (Wildman–Crippen MR) is 182 cm³/mol. The van der Waals surface area contributed by atoms with Gasteiger partial charge in [-0.3, -0.25) is 24.0 Å². The number of nitrogens with zero attached hydrogens (tertiary/aromatic N) is 6. The quantitative estimate of drug-likeness (QED) is 0.475. The van der Waals surface area contributed by atoms with Crippen LogP contribution in [0.5, 0.6) is 0 Å². The minimum absolute atomic E-state index is 0.186. The van der Waals surface area contributed by atoms with Crippen molar-refractivity contribution in [3.63, 3.8) is 0 Å². The van der Waals surface area contributed by atoms with Crippen molar-refractivity contribution in [1.29, 1.82) is 0 Å². The Morgan fingerprint density at radius 2 is 1.57 bits per heavy atom. The van der Waals surface area contributed by atoms with Gasteiger partial charge in [-0.15, -0.1) is 0 Å². The molecule has 1 aromatic heterocycles. The van der Waals surface area contributed by atoms with Gasteiger partial charge in [0.2, 0.25) is 11.8 Å². The number of carbonyl (C=O) groups excluding carboxylic acids is 3. The van der Waals surface area contributed by atoms with Crippen LogP contribution >= 0.6 is 0 Å². The number of imidazole rings is 1. The van der Waals surface area contributed by atoms with Gasteiger partial charge < -0.3 is 24.3 Å². The van der Waals surface area contributed by atoms with Gasteiger partial charge in [-0.05, 0) is 82.4 Å². The second-order valence-corrected chi connectivity index (χ2v) is 15.6. The molecule has 12 nitrogen and oxygen atoms in total. The summed E-state index contributed by atoms with van der Waals surface area (Å²) in [5.41, 5.74) is 2.18. The molecule has 0 spiro atoms. The third-order valence-electron chi connectivity index (χ3n) is 10.8. The number of nitrogens with one attached hydrogen (secondary N) is 1. The van der Waals surface area contributed by atoms with Crippen LogP contribution in [0.2, 0.25) is 0 Å². The lowest BCUT2D eigenvalue weighted by Gasteiger charge is -2.45. The maximum Gasteiger partial charge on any atom is 0.410 e. The third-order valence-corrected chi connectivity index (χ3v) is 10.8. The van der Waals surface area contributed by atoms with E-state index in [0.717, 1.165) is 108 Å². The number of hydrogen-bond acceptors (Lipinski definition) is 8. The van der Waals surface area contributed by atoms with E-state index in [2.05, 4.69) is 39.1 Å². The fourth-order valence-corrected chi connectivity index (χ4v) is 7.90. The Labute approximate surface area is 278 Å². The van der Waals surface area contributed by atoms with E-state index in [0.29, 0.717) is 12.3 Å². The van der Waals surface area contributed by atoms with Crippen LogP contribution in [-0.4, -0.2) is 113 Å². The van der Waals surface area contributed by atoms with Crippen molar-refractivity contribution in [2.24, 2.45) is 18.4 Å². The molecule has 4 saturated heterocycles. The van der Waals surface area contributed by atoms with Crippen molar-refractivity contribution in [1.82, 2.24) is 29.2 Å². The monoisotopic (exact) mass is 651 g/mol. The summed E-state index contributed by atoms with van der Waals surface area (Å²) in [7, 11) is 1.75. The number of piperidine rings is 3. The Kier molecular flexibility index (Phi) is 9.46. The highest BCUT2D eigenvalue weighted by Gasteiger charge is 2.36. The van der Waals surface area contributed by atoms with Gasteiger partial charge in [0.1, 0.15) is 11.6 Å². The molecule has 1 unspecified atom stereocenters. The van der Waals surface area contributed by atoms with Gasteiger partial charge in [0, 0.05) is 84.6 Å². The van der Waals surface area contributed by atoms with Crippen LogP contribution in [-0.2, 0) is 21.4 Å². The zero-order valence-electron chi connectivity index (χ0n) is 28.9. The molecule has 47 heavy (non-hydrogen) atoms. The van der Waals surface area contributed by atoms with E-state index in [1.165, 1.54) is 0 Å². The Hall–Kier alpha value is -3.38. The zero-order valence-corrected chi connectivity index (χ0v) is 28.9. The van der Waals surface area contributed by atoms with E-state index >= 15 is 0 Å². The molecule has 0 bridgehead atoms. The van der Waals surface area contributed by atoms with Gasteiger partial charge in [-0.2, -0.15) is 0 Å². The molecule has 1 aromatic carbocycles. The second kappa shape index (κ2) is 13.3. The molecular weight excluding hydrogens is 598 g/mol. The van der Waals surface area contributed by atoms with Crippen LogP contribution in [0.25, 0.3) is 11.0 Å². The van der Waals surface area contributed by atoms with Gasteiger partial charge in [0.15, 0.2) is 0 Å². The van der Waals surface area contributed by atoms with E-state index < -0.39 is 17.6 Å². The fourth-order valence-electron chi connectivity index (χ4n) is 7.90. The molecule has 1 atom stereocenters. The number of ether oxygens (including phenoxy) is 1. The summed E-state index contributed by atoms with van der Waals surface area (Å²) in [6, 6.07) is 5.41. The van der Waals surface area contributed by atoms with Gasteiger partial charge in [0.25, 0.3) is 0 Å². The first-order valence-corrected chi connectivity index (χ1v) is 17.5. The minimum Gasteiger partial charge on any atom is -0.444 e. The summed E-state index contributed by atoms with van der Waals surface area (Å²) in [5, 5.41) is 2.38. The van der Waals surface area contributed by atoms with Gasteiger partial charge >= 0.3 is 11.8 Å². The molecule has 6 rings (SSSR count). The number of anilines is 1. The summed E-state index contributed by atoms with van der Waals surface area (Å²) >= 11 is 0. The molecule has 1 N–H and O–H groups in total. The predicted octanol–water partition coefficient (Wildman–Crippen LogP) is 3.19. The molecule has 0 saturated carbocycles. The first-order chi connectivity index (χ1) is 22.3. The number of aromatic nitrogens is 2. The van der Waals surface area contributed by atoms with Crippen molar-refractivity contribution >= 4 is 34.6 Å². The van der Waals surface area contributed by atoms with E-state index in [-0.39, 0.29) is 29.5 Å². The summed E-state index contributed by atoms with van der Waals surface area (Å²) in [6.07, 6.45) is 4.69. The number of rotatable bonds is 6. The summed E-state index contributed by atoms with van der Waals surface area (Å²) in [5.74, 6) is -0.0170. The summed E-state index contributed by atoms with van der Waals surface area (Å²) in [4.78, 5) is 59.4. The molecule has 0 radical (unpaired) electrons. The molecule has 12 heteroatoms. The van der Waals surface area contributed by atoms with Crippen LogP contribution in [0.3, 0.4) is 0 Å². The highest BCUT2D eigenvalue weighted by Crippen LogP contribution is 2.33. The fraction of sp³-hybridized carbons (Fsp3) is 0.714. The maximum absolute atomic E-state index is 13.2. The number of hydrogen-bond donors (Lipinski definition) is 1.